The fraction of sp³-hybridized carbons (Fsp3) is 0.261. The predicted molar refractivity (Wildman–Crippen MR) is 116 cm³/mol. The molecule has 7 heteroatoms. The van der Waals surface area contributed by atoms with Gasteiger partial charge >= 0.3 is 0 Å². The van der Waals surface area contributed by atoms with Crippen molar-refractivity contribution in [3.8, 4) is 11.3 Å². The second-order valence-electron chi connectivity index (χ2n) is 6.94. The van der Waals surface area contributed by atoms with E-state index in [9.17, 15) is 9.59 Å². The van der Waals surface area contributed by atoms with Gasteiger partial charge in [0.25, 0.3) is 5.91 Å². The van der Waals surface area contributed by atoms with Crippen molar-refractivity contribution in [1.29, 1.82) is 0 Å². The second kappa shape index (κ2) is 10.8. The molecule has 2 amide bonds. The van der Waals surface area contributed by atoms with Crippen LogP contribution < -0.4 is 15.5 Å². The van der Waals surface area contributed by atoms with E-state index in [-0.39, 0.29) is 18.1 Å². The number of aromatic nitrogens is 1. The highest BCUT2D eigenvalue weighted by Gasteiger charge is 2.14. The van der Waals surface area contributed by atoms with Gasteiger partial charge in [-0.15, -0.1) is 0 Å². The third kappa shape index (κ3) is 6.20. The van der Waals surface area contributed by atoms with Crippen LogP contribution in [0.3, 0.4) is 0 Å². The molecule has 1 aromatic heterocycles. The maximum atomic E-state index is 12.2. The van der Waals surface area contributed by atoms with E-state index in [1.807, 2.05) is 48.5 Å². The van der Waals surface area contributed by atoms with E-state index in [1.165, 1.54) is 5.69 Å². The first-order chi connectivity index (χ1) is 14.6. The Bertz CT molecular complexity index is 941. The summed E-state index contributed by atoms with van der Waals surface area (Å²) in [7, 11) is 2.05. The monoisotopic (exact) mass is 406 g/mol. The van der Waals surface area contributed by atoms with Crippen LogP contribution in [0.15, 0.2) is 71.3 Å². The minimum atomic E-state index is -0.444. The first kappa shape index (κ1) is 21.1. The van der Waals surface area contributed by atoms with E-state index < -0.39 is 5.91 Å². The van der Waals surface area contributed by atoms with Crippen LogP contribution in [0.2, 0.25) is 0 Å². The molecule has 0 aliphatic rings. The molecule has 0 spiro atoms. The van der Waals surface area contributed by atoms with Gasteiger partial charge in [0.1, 0.15) is 0 Å². The number of anilines is 1. The number of unbranched alkanes of at least 4 members (excludes halogenated alkanes) is 1. The Balaban J connectivity index is 1.32. The van der Waals surface area contributed by atoms with Crippen molar-refractivity contribution in [2.45, 2.75) is 12.8 Å². The summed E-state index contributed by atoms with van der Waals surface area (Å²) in [5.41, 5.74) is 2.15. The zero-order valence-electron chi connectivity index (χ0n) is 17.0. The van der Waals surface area contributed by atoms with Crippen molar-refractivity contribution >= 4 is 17.5 Å². The highest BCUT2D eigenvalue weighted by atomic mass is 16.5. The van der Waals surface area contributed by atoms with Crippen molar-refractivity contribution in [2.75, 3.05) is 31.6 Å². The number of nitrogens with one attached hydrogen (secondary N) is 2. The van der Waals surface area contributed by atoms with Gasteiger partial charge in [-0.2, -0.15) is 0 Å². The van der Waals surface area contributed by atoms with Crippen LogP contribution in [0.5, 0.6) is 0 Å². The van der Waals surface area contributed by atoms with Gasteiger partial charge in [-0.1, -0.05) is 53.7 Å². The highest BCUT2D eigenvalue weighted by Crippen LogP contribution is 2.19. The maximum Gasteiger partial charge on any atom is 0.273 e. The quantitative estimate of drug-likeness (QED) is 0.505. The third-order valence-corrected chi connectivity index (χ3v) is 4.65. The lowest BCUT2D eigenvalue weighted by Gasteiger charge is -2.19. The Labute approximate surface area is 176 Å². The minimum Gasteiger partial charge on any atom is -0.375 e. The lowest BCUT2D eigenvalue weighted by molar-refractivity contribution is -0.120. The van der Waals surface area contributed by atoms with Gasteiger partial charge in [-0.05, 0) is 25.0 Å². The average Bonchev–Trinajstić information content (AvgIpc) is 3.29. The first-order valence-corrected chi connectivity index (χ1v) is 9.96. The molecule has 0 aliphatic heterocycles. The molecular weight excluding hydrogens is 380 g/mol. The van der Waals surface area contributed by atoms with Crippen molar-refractivity contribution < 1.29 is 14.1 Å². The Morgan fingerprint density at radius 2 is 1.67 bits per heavy atom. The number of hydrogen-bond acceptors (Lipinski definition) is 5. The second-order valence-corrected chi connectivity index (χ2v) is 6.94. The van der Waals surface area contributed by atoms with Gasteiger partial charge in [0.2, 0.25) is 5.91 Å². The summed E-state index contributed by atoms with van der Waals surface area (Å²) in [5, 5.41) is 9.16. The van der Waals surface area contributed by atoms with Gasteiger partial charge in [-0.3, -0.25) is 9.59 Å². The first-order valence-electron chi connectivity index (χ1n) is 9.96. The van der Waals surface area contributed by atoms with Crippen molar-refractivity contribution in [3.63, 3.8) is 0 Å². The molecule has 0 fully saturated rings. The third-order valence-electron chi connectivity index (χ3n) is 4.65. The summed E-state index contributed by atoms with van der Waals surface area (Å²) in [6.45, 7) is 1.38. The summed E-state index contributed by atoms with van der Waals surface area (Å²) in [4.78, 5) is 26.3. The van der Waals surface area contributed by atoms with Crippen LogP contribution >= 0.6 is 0 Å². The largest absolute Gasteiger partial charge is 0.375 e. The highest BCUT2D eigenvalue weighted by molar-refractivity contribution is 5.95. The Morgan fingerprint density at radius 3 is 2.40 bits per heavy atom. The molecule has 0 radical (unpaired) electrons. The Hall–Kier alpha value is -3.61. The number of hydrogen-bond donors (Lipinski definition) is 2. The molecule has 2 N–H and O–H groups in total. The van der Waals surface area contributed by atoms with Gasteiger partial charge in [0.15, 0.2) is 11.5 Å². The van der Waals surface area contributed by atoms with Crippen LogP contribution in [0.25, 0.3) is 11.3 Å². The molecule has 3 aromatic rings. The summed E-state index contributed by atoms with van der Waals surface area (Å²) >= 11 is 0. The minimum absolute atomic E-state index is 0.101. The van der Waals surface area contributed by atoms with E-state index in [0.29, 0.717) is 12.3 Å². The Kier molecular flexibility index (Phi) is 7.60. The van der Waals surface area contributed by atoms with E-state index in [2.05, 4.69) is 39.9 Å². The lowest BCUT2D eigenvalue weighted by atomic mass is 10.1. The van der Waals surface area contributed by atoms with Crippen molar-refractivity contribution in [3.05, 3.63) is 72.4 Å². The molecule has 30 heavy (non-hydrogen) atoms. The van der Waals surface area contributed by atoms with Gasteiger partial charge < -0.3 is 20.1 Å². The zero-order chi connectivity index (χ0) is 21.2. The standard InChI is InChI=1S/C23H26N4O3/c1-27(19-12-6-3-7-13-19)15-9-8-14-24-22(28)17-25-23(29)20-16-21(30-26-20)18-10-4-2-5-11-18/h2-7,10-13,16H,8-9,14-15,17H2,1H3,(H,24,28)(H,25,29). The van der Waals surface area contributed by atoms with Crippen molar-refractivity contribution in [1.82, 2.24) is 15.8 Å². The lowest BCUT2D eigenvalue weighted by Crippen LogP contribution is -2.37. The predicted octanol–water partition coefficient (Wildman–Crippen LogP) is 3.10. The van der Waals surface area contributed by atoms with Gasteiger partial charge in [0, 0.05) is 37.5 Å². The van der Waals surface area contributed by atoms with Crippen LogP contribution in [0, 0.1) is 0 Å². The van der Waals surface area contributed by atoms with E-state index in [1.54, 1.807) is 6.07 Å². The molecule has 7 nitrogen and oxygen atoms in total. The fourth-order valence-corrected chi connectivity index (χ4v) is 2.95. The number of amides is 2. The van der Waals surface area contributed by atoms with Crippen LogP contribution in [0.4, 0.5) is 5.69 Å². The average molecular weight is 406 g/mol. The number of rotatable bonds is 10. The molecule has 0 saturated carbocycles. The molecule has 156 valence electrons. The summed E-state index contributed by atoms with van der Waals surface area (Å²) in [5.74, 6) is -0.169. The normalized spacial score (nSPS) is 10.4. The number of para-hydroxylation sites is 1. The molecule has 3 rings (SSSR count). The summed E-state index contributed by atoms with van der Waals surface area (Å²) in [6.07, 6.45) is 1.82. The Morgan fingerprint density at radius 1 is 0.967 bits per heavy atom. The van der Waals surface area contributed by atoms with Gasteiger partial charge in [0.05, 0.1) is 6.54 Å². The van der Waals surface area contributed by atoms with Crippen LogP contribution in [-0.2, 0) is 4.79 Å². The molecule has 2 aromatic carbocycles. The van der Waals surface area contributed by atoms with Crippen LogP contribution in [0.1, 0.15) is 23.3 Å². The molecule has 1 heterocycles. The molecule has 0 bridgehead atoms. The van der Waals surface area contributed by atoms with Gasteiger partial charge in [-0.25, -0.2) is 0 Å². The van der Waals surface area contributed by atoms with Crippen LogP contribution in [-0.4, -0.2) is 43.7 Å². The maximum absolute atomic E-state index is 12.2. The topological polar surface area (TPSA) is 87.5 Å². The molecule has 0 saturated heterocycles. The van der Waals surface area contributed by atoms with E-state index >= 15 is 0 Å². The molecule has 0 atom stereocenters. The number of carbonyl (C=O) groups is 2. The zero-order valence-corrected chi connectivity index (χ0v) is 17.0. The van der Waals surface area contributed by atoms with E-state index in [0.717, 1.165) is 24.9 Å². The SMILES string of the molecule is CN(CCCCNC(=O)CNC(=O)c1cc(-c2ccccc2)on1)c1ccccc1. The number of carbonyl (C=O) groups excluding carboxylic acids is 2. The van der Waals surface area contributed by atoms with Crippen molar-refractivity contribution in [2.24, 2.45) is 0 Å². The molecular formula is C23H26N4O3. The summed E-state index contributed by atoms with van der Waals surface area (Å²) in [6, 6.07) is 21.1. The molecule has 0 aliphatic carbocycles. The smallest absolute Gasteiger partial charge is 0.273 e. The number of nitrogens with zero attached hydrogens (tertiary/aromatic N) is 2. The molecule has 0 unspecified atom stereocenters. The van der Waals surface area contributed by atoms with E-state index in [4.69, 9.17) is 4.52 Å². The number of benzene rings is 2. The fourth-order valence-electron chi connectivity index (χ4n) is 2.95. The summed E-state index contributed by atoms with van der Waals surface area (Å²) < 4.78 is 5.21.